The van der Waals surface area contributed by atoms with Crippen LogP contribution < -0.4 is 0 Å². The predicted octanol–water partition coefficient (Wildman–Crippen LogP) is 1.55. The van der Waals surface area contributed by atoms with E-state index in [0.29, 0.717) is 17.2 Å². The van der Waals surface area contributed by atoms with E-state index in [9.17, 15) is 14.0 Å². The van der Waals surface area contributed by atoms with Crippen LogP contribution in [0.5, 0.6) is 0 Å². The van der Waals surface area contributed by atoms with Gasteiger partial charge in [0.2, 0.25) is 5.76 Å². The lowest BCUT2D eigenvalue weighted by Gasteiger charge is -2.18. The van der Waals surface area contributed by atoms with Crippen molar-refractivity contribution in [2.75, 3.05) is 7.11 Å². The highest BCUT2D eigenvalue weighted by molar-refractivity contribution is 5.95. The number of hydroxylamine groups is 2. The number of benzene rings is 1. The fourth-order valence-corrected chi connectivity index (χ4v) is 1.38. The van der Waals surface area contributed by atoms with Crippen molar-refractivity contribution in [3.05, 3.63) is 47.0 Å². The van der Waals surface area contributed by atoms with Gasteiger partial charge < -0.3 is 10.2 Å². The molecule has 108 valence electrons. The second kappa shape index (κ2) is 6.67. The first-order valence-electron chi connectivity index (χ1n) is 5.59. The molecule has 1 rings (SSSR count). The SMILES string of the molecule is CON(Cc1ccc(C)c(F)c1)C(=O)/C=C(\O)C(=O)O. The number of rotatable bonds is 5. The summed E-state index contributed by atoms with van der Waals surface area (Å²) < 4.78 is 13.4. The van der Waals surface area contributed by atoms with Gasteiger partial charge in [-0.3, -0.25) is 9.63 Å². The van der Waals surface area contributed by atoms with Gasteiger partial charge in [-0.1, -0.05) is 12.1 Å². The molecule has 0 aliphatic rings. The molecule has 20 heavy (non-hydrogen) atoms. The summed E-state index contributed by atoms with van der Waals surface area (Å²) in [6.45, 7) is 1.52. The molecule has 6 nitrogen and oxygen atoms in total. The number of hydrogen-bond donors (Lipinski definition) is 2. The fourth-order valence-electron chi connectivity index (χ4n) is 1.38. The van der Waals surface area contributed by atoms with Crippen molar-refractivity contribution in [2.45, 2.75) is 13.5 Å². The van der Waals surface area contributed by atoms with Crippen LogP contribution in [0, 0.1) is 12.7 Å². The van der Waals surface area contributed by atoms with Crippen molar-refractivity contribution < 1.29 is 29.0 Å². The summed E-state index contributed by atoms with van der Waals surface area (Å²) in [4.78, 5) is 26.8. The standard InChI is InChI=1S/C13H14FNO5/c1-8-3-4-9(5-10(8)14)7-15(20-2)12(17)6-11(16)13(18)19/h3-6,16H,7H2,1-2H3,(H,18,19)/b11-6-. The monoisotopic (exact) mass is 283 g/mol. The van der Waals surface area contributed by atoms with Crippen LogP contribution in [0.4, 0.5) is 4.39 Å². The molecule has 2 N–H and O–H groups in total. The number of carboxylic acid groups (broad SMARTS) is 1. The van der Waals surface area contributed by atoms with E-state index < -0.39 is 23.5 Å². The first-order valence-corrected chi connectivity index (χ1v) is 5.59. The van der Waals surface area contributed by atoms with Crippen LogP contribution >= 0.6 is 0 Å². The number of hydrogen-bond acceptors (Lipinski definition) is 4. The molecule has 0 aromatic heterocycles. The first kappa shape index (κ1) is 15.6. The van der Waals surface area contributed by atoms with Gasteiger partial charge in [-0.05, 0) is 24.1 Å². The lowest BCUT2D eigenvalue weighted by Crippen LogP contribution is -2.28. The van der Waals surface area contributed by atoms with Gasteiger partial charge in [-0.2, -0.15) is 0 Å². The summed E-state index contributed by atoms with van der Waals surface area (Å²) in [5, 5.41) is 18.2. The summed E-state index contributed by atoms with van der Waals surface area (Å²) in [5.41, 5.74) is 0.930. The van der Waals surface area contributed by atoms with Crippen LogP contribution in [0.15, 0.2) is 30.0 Å². The maximum atomic E-state index is 13.4. The molecule has 1 amide bonds. The van der Waals surface area contributed by atoms with E-state index in [-0.39, 0.29) is 6.54 Å². The Bertz CT molecular complexity index is 556. The highest BCUT2D eigenvalue weighted by Crippen LogP contribution is 2.12. The number of carbonyl (C=O) groups is 2. The second-order valence-corrected chi connectivity index (χ2v) is 3.98. The Morgan fingerprint density at radius 2 is 2.05 bits per heavy atom. The Labute approximate surface area is 114 Å². The Hall–Kier alpha value is -2.41. The van der Waals surface area contributed by atoms with Gasteiger partial charge >= 0.3 is 5.97 Å². The third kappa shape index (κ3) is 4.06. The van der Waals surface area contributed by atoms with E-state index in [1.807, 2.05) is 0 Å². The molecule has 0 aliphatic heterocycles. The summed E-state index contributed by atoms with van der Waals surface area (Å²) in [6.07, 6.45) is 0.510. The van der Waals surface area contributed by atoms with Gasteiger partial charge in [-0.15, -0.1) is 0 Å². The van der Waals surface area contributed by atoms with Crippen LogP contribution in [-0.2, 0) is 21.0 Å². The molecule has 0 radical (unpaired) electrons. The molecule has 0 atom stereocenters. The van der Waals surface area contributed by atoms with Crippen molar-refractivity contribution >= 4 is 11.9 Å². The number of carboxylic acids is 1. The average molecular weight is 283 g/mol. The van der Waals surface area contributed by atoms with Gasteiger partial charge in [0.25, 0.3) is 5.91 Å². The van der Waals surface area contributed by atoms with Gasteiger partial charge in [-0.25, -0.2) is 14.2 Å². The number of aliphatic hydroxyl groups excluding tert-OH is 1. The minimum atomic E-state index is -1.63. The molecule has 0 unspecified atom stereocenters. The molecular formula is C13H14FNO5. The topological polar surface area (TPSA) is 87.1 Å². The Kier molecular flexibility index (Phi) is 5.22. The third-order valence-corrected chi connectivity index (χ3v) is 2.51. The third-order valence-electron chi connectivity index (χ3n) is 2.51. The zero-order valence-electron chi connectivity index (χ0n) is 11.0. The number of carbonyl (C=O) groups excluding carboxylic acids is 1. The summed E-state index contributed by atoms with van der Waals surface area (Å²) in [7, 11) is 1.20. The molecular weight excluding hydrogens is 269 g/mol. The Morgan fingerprint density at radius 1 is 1.40 bits per heavy atom. The fraction of sp³-hybridized carbons (Fsp3) is 0.231. The number of aryl methyl sites for hydroxylation is 1. The van der Waals surface area contributed by atoms with Gasteiger partial charge in [0, 0.05) is 0 Å². The molecule has 0 bridgehead atoms. The number of aliphatic carboxylic acids is 1. The molecule has 1 aromatic carbocycles. The average Bonchev–Trinajstić information content (AvgIpc) is 2.39. The van der Waals surface area contributed by atoms with Crippen LogP contribution in [0.25, 0.3) is 0 Å². The summed E-state index contributed by atoms with van der Waals surface area (Å²) >= 11 is 0. The lowest BCUT2D eigenvalue weighted by atomic mass is 10.1. The van der Waals surface area contributed by atoms with E-state index in [2.05, 4.69) is 0 Å². The minimum Gasteiger partial charge on any atom is -0.502 e. The van der Waals surface area contributed by atoms with Gasteiger partial charge in [0.05, 0.1) is 19.7 Å². The van der Waals surface area contributed by atoms with Crippen LogP contribution in [0.3, 0.4) is 0 Å². The molecule has 0 saturated heterocycles. The van der Waals surface area contributed by atoms with E-state index >= 15 is 0 Å². The molecule has 0 heterocycles. The smallest absolute Gasteiger partial charge is 0.371 e. The van der Waals surface area contributed by atoms with E-state index in [0.717, 1.165) is 5.06 Å². The van der Waals surface area contributed by atoms with E-state index in [1.54, 1.807) is 19.1 Å². The minimum absolute atomic E-state index is 0.0874. The van der Waals surface area contributed by atoms with Crippen molar-refractivity contribution in [1.82, 2.24) is 5.06 Å². The summed E-state index contributed by atoms with van der Waals surface area (Å²) in [5.74, 6) is -4.02. The molecule has 0 aliphatic carbocycles. The lowest BCUT2D eigenvalue weighted by molar-refractivity contribution is -0.173. The largest absolute Gasteiger partial charge is 0.502 e. The van der Waals surface area contributed by atoms with Crippen LogP contribution in [0.2, 0.25) is 0 Å². The number of nitrogens with zero attached hydrogens (tertiary/aromatic N) is 1. The maximum absolute atomic E-state index is 13.4. The zero-order chi connectivity index (χ0) is 15.3. The van der Waals surface area contributed by atoms with Crippen LogP contribution in [-0.4, -0.2) is 34.3 Å². The van der Waals surface area contributed by atoms with E-state index in [4.69, 9.17) is 15.1 Å². The number of aliphatic hydroxyl groups is 1. The van der Waals surface area contributed by atoms with Gasteiger partial charge in [0.15, 0.2) is 0 Å². The van der Waals surface area contributed by atoms with Crippen LogP contribution in [0.1, 0.15) is 11.1 Å². The van der Waals surface area contributed by atoms with Crippen molar-refractivity contribution in [2.24, 2.45) is 0 Å². The van der Waals surface area contributed by atoms with E-state index in [1.165, 1.54) is 13.2 Å². The highest BCUT2D eigenvalue weighted by atomic mass is 19.1. The van der Waals surface area contributed by atoms with Gasteiger partial charge in [0.1, 0.15) is 5.82 Å². The number of halogens is 1. The molecule has 7 heteroatoms. The molecule has 0 saturated carbocycles. The molecule has 0 fully saturated rings. The Morgan fingerprint density at radius 3 is 2.55 bits per heavy atom. The zero-order valence-corrected chi connectivity index (χ0v) is 11.0. The highest BCUT2D eigenvalue weighted by Gasteiger charge is 2.15. The first-order chi connectivity index (χ1) is 9.35. The summed E-state index contributed by atoms with van der Waals surface area (Å²) in [6, 6.07) is 4.40. The van der Waals surface area contributed by atoms with Crippen molar-refractivity contribution in [3.8, 4) is 0 Å². The Balaban J connectivity index is 2.86. The number of amides is 1. The quantitative estimate of drug-likeness (QED) is 0.486. The maximum Gasteiger partial charge on any atom is 0.371 e. The second-order valence-electron chi connectivity index (χ2n) is 3.98. The van der Waals surface area contributed by atoms with Crippen molar-refractivity contribution in [3.63, 3.8) is 0 Å². The molecule has 1 aromatic rings. The molecule has 0 spiro atoms. The van der Waals surface area contributed by atoms with Crippen molar-refractivity contribution in [1.29, 1.82) is 0 Å². The normalized spacial score (nSPS) is 11.2. The predicted molar refractivity (Wildman–Crippen MR) is 67.0 cm³/mol.